The van der Waals surface area contributed by atoms with Gasteiger partial charge in [-0.1, -0.05) is 24.3 Å². The Morgan fingerprint density at radius 3 is 2.85 bits per heavy atom. The summed E-state index contributed by atoms with van der Waals surface area (Å²) < 4.78 is 0. The van der Waals surface area contributed by atoms with Crippen LogP contribution in [0.2, 0.25) is 0 Å². The number of para-hydroxylation sites is 1. The lowest BCUT2D eigenvalue weighted by Gasteiger charge is -2.22. The van der Waals surface area contributed by atoms with Gasteiger partial charge in [0.15, 0.2) is 0 Å². The molecule has 0 saturated heterocycles. The minimum atomic E-state index is -0.0500. The van der Waals surface area contributed by atoms with Crippen LogP contribution in [-0.2, 0) is 13.0 Å². The number of nitrogens with two attached hydrogens (primary N) is 1. The third kappa shape index (κ3) is 2.08. The number of pyridine rings is 1. The topological polar surface area (TPSA) is 59.2 Å². The van der Waals surface area contributed by atoms with Gasteiger partial charge in [0.05, 0.1) is 0 Å². The highest BCUT2D eigenvalue weighted by molar-refractivity contribution is 6.06. The summed E-state index contributed by atoms with van der Waals surface area (Å²) in [5.74, 6) is -0.0500. The lowest BCUT2D eigenvalue weighted by atomic mass is 10.1. The van der Waals surface area contributed by atoms with Crippen molar-refractivity contribution in [1.82, 2.24) is 4.98 Å². The van der Waals surface area contributed by atoms with Crippen LogP contribution in [0.3, 0.4) is 0 Å². The van der Waals surface area contributed by atoms with Crippen LogP contribution in [0.25, 0.3) is 0 Å². The van der Waals surface area contributed by atoms with Crippen molar-refractivity contribution in [2.45, 2.75) is 25.9 Å². The van der Waals surface area contributed by atoms with Crippen molar-refractivity contribution in [2.24, 2.45) is 5.73 Å². The minimum Gasteiger partial charge on any atom is -0.326 e. The number of aromatic nitrogens is 1. The maximum Gasteiger partial charge on any atom is 0.277 e. The molecule has 1 atom stereocenters. The smallest absolute Gasteiger partial charge is 0.277 e. The number of benzene rings is 1. The van der Waals surface area contributed by atoms with Crippen LogP contribution in [-0.4, -0.2) is 16.9 Å². The van der Waals surface area contributed by atoms with Crippen LogP contribution in [0, 0.1) is 0 Å². The van der Waals surface area contributed by atoms with Gasteiger partial charge in [-0.05, 0) is 36.6 Å². The van der Waals surface area contributed by atoms with E-state index in [1.165, 1.54) is 5.56 Å². The quantitative estimate of drug-likeness (QED) is 0.906. The van der Waals surface area contributed by atoms with E-state index in [0.29, 0.717) is 12.2 Å². The maximum atomic E-state index is 12.7. The molecule has 20 heavy (non-hydrogen) atoms. The Bertz CT molecular complexity index is 636. The summed E-state index contributed by atoms with van der Waals surface area (Å²) in [6.07, 6.45) is 2.56. The highest BCUT2D eigenvalue weighted by Crippen LogP contribution is 2.32. The van der Waals surface area contributed by atoms with Crippen molar-refractivity contribution in [3.8, 4) is 0 Å². The summed E-state index contributed by atoms with van der Waals surface area (Å²) in [7, 11) is 0. The van der Waals surface area contributed by atoms with E-state index in [2.05, 4.69) is 18.0 Å². The lowest BCUT2D eigenvalue weighted by molar-refractivity contribution is 0.0976. The first-order chi connectivity index (χ1) is 9.70. The number of hydrogen-bond acceptors (Lipinski definition) is 3. The molecule has 2 aromatic rings. The Hall–Kier alpha value is -2.20. The standard InChI is InChI=1S/C16H17N3O/c1-11-8-13-4-2-3-5-15(13)19(11)16(20)14-7-6-12(9-17)10-18-14/h2-7,10-11H,8-9,17H2,1H3. The molecule has 0 spiro atoms. The first-order valence-electron chi connectivity index (χ1n) is 6.77. The predicted molar refractivity (Wildman–Crippen MR) is 78.5 cm³/mol. The van der Waals surface area contributed by atoms with Gasteiger partial charge in [-0.2, -0.15) is 0 Å². The first kappa shape index (κ1) is 12.8. The minimum absolute atomic E-state index is 0.0500. The van der Waals surface area contributed by atoms with Gasteiger partial charge in [0, 0.05) is 24.5 Å². The molecule has 1 aliphatic heterocycles. The Morgan fingerprint density at radius 2 is 2.15 bits per heavy atom. The van der Waals surface area contributed by atoms with Gasteiger partial charge >= 0.3 is 0 Å². The largest absolute Gasteiger partial charge is 0.326 e. The van der Waals surface area contributed by atoms with Gasteiger partial charge in [0.2, 0.25) is 0 Å². The number of rotatable bonds is 2. The van der Waals surface area contributed by atoms with E-state index in [1.54, 1.807) is 12.3 Å². The van der Waals surface area contributed by atoms with Crippen LogP contribution < -0.4 is 10.6 Å². The number of carbonyl (C=O) groups excluding carboxylic acids is 1. The molecule has 1 amide bonds. The molecule has 4 nitrogen and oxygen atoms in total. The van der Waals surface area contributed by atoms with E-state index in [0.717, 1.165) is 17.7 Å². The van der Waals surface area contributed by atoms with Crippen LogP contribution in [0.5, 0.6) is 0 Å². The molecule has 3 rings (SSSR count). The molecular weight excluding hydrogens is 250 g/mol. The Balaban J connectivity index is 1.94. The average Bonchev–Trinajstić information content (AvgIpc) is 2.82. The average molecular weight is 267 g/mol. The number of amides is 1. The molecule has 1 unspecified atom stereocenters. The molecule has 4 heteroatoms. The zero-order valence-corrected chi connectivity index (χ0v) is 11.4. The van der Waals surface area contributed by atoms with Crippen LogP contribution in [0.1, 0.15) is 28.5 Å². The van der Waals surface area contributed by atoms with Crippen molar-refractivity contribution in [3.05, 3.63) is 59.4 Å². The summed E-state index contributed by atoms with van der Waals surface area (Å²) in [6.45, 7) is 2.50. The number of anilines is 1. The fourth-order valence-electron chi connectivity index (χ4n) is 2.67. The van der Waals surface area contributed by atoms with E-state index in [1.807, 2.05) is 29.2 Å². The van der Waals surface area contributed by atoms with Gasteiger partial charge < -0.3 is 10.6 Å². The Morgan fingerprint density at radius 1 is 1.35 bits per heavy atom. The Labute approximate surface area is 118 Å². The van der Waals surface area contributed by atoms with E-state index in [4.69, 9.17) is 5.73 Å². The molecular formula is C16H17N3O. The van der Waals surface area contributed by atoms with Crippen molar-refractivity contribution >= 4 is 11.6 Å². The fraction of sp³-hybridized carbons (Fsp3) is 0.250. The van der Waals surface area contributed by atoms with Gasteiger partial charge in [0.25, 0.3) is 5.91 Å². The number of fused-ring (bicyclic) bond motifs is 1. The summed E-state index contributed by atoms with van der Waals surface area (Å²) >= 11 is 0. The summed E-state index contributed by atoms with van der Waals surface area (Å²) in [5, 5.41) is 0. The van der Waals surface area contributed by atoms with Gasteiger partial charge in [-0.3, -0.25) is 9.78 Å². The van der Waals surface area contributed by atoms with Crippen molar-refractivity contribution in [1.29, 1.82) is 0 Å². The van der Waals surface area contributed by atoms with Gasteiger partial charge in [-0.15, -0.1) is 0 Å². The van der Waals surface area contributed by atoms with Gasteiger partial charge in [0.1, 0.15) is 5.69 Å². The summed E-state index contributed by atoms with van der Waals surface area (Å²) in [5.41, 5.74) is 9.15. The second-order valence-electron chi connectivity index (χ2n) is 5.11. The van der Waals surface area contributed by atoms with E-state index in [-0.39, 0.29) is 11.9 Å². The molecule has 0 radical (unpaired) electrons. The van der Waals surface area contributed by atoms with Gasteiger partial charge in [-0.25, -0.2) is 0 Å². The molecule has 0 bridgehead atoms. The molecule has 2 N–H and O–H groups in total. The third-order valence-electron chi connectivity index (χ3n) is 3.71. The normalized spacial score (nSPS) is 17.1. The van der Waals surface area contributed by atoms with Crippen molar-refractivity contribution < 1.29 is 4.79 Å². The first-order valence-corrected chi connectivity index (χ1v) is 6.77. The highest BCUT2D eigenvalue weighted by atomic mass is 16.2. The van der Waals surface area contributed by atoms with E-state index in [9.17, 15) is 4.79 Å². The van der Waals surface area contributed by atoms with E-state index < -0.39 is 0 Å². The van der Waals surface area contributed by atoms with Crippen LogP contribution in [0.4, 0.5) is 5.69 Å². The molecule has 0 aliphatic carbocycles. The molecule has 1 aliphatic rings. The Kier molecular flexibility index (Phi) is 3.24. The van der Waals surface area contributed by atoms with Crippen molar-refractivity contribution in [2.75, 3.05) is 4.90 Å². The second-order valence-corrected chi connectivity index (χ2v) is 5.11. The second kappa shape index (κ2) is 5.06. The SMILES string of the molecule is CC1Cc2ccccc2N1C(=O)c1ccc(CN)cn1. The molecule has 0 saturated carbocycles. The van der Waals surface area contributed by atoms with Crippen molar-refractivity contribution in [3.63, 3.8) is 0 Å². The zero-order chi connectivity index (χ0) is 14.1. The fourth-order valence-corrected chi connectivity index (χ4v) is 2.67. The molecule has 1 aromatic carbocycles. The molecule has 1 aromatic heterocycles. The predicted octanol–water partition coefficient (Wildman–Crippen LogP) is 2.13. The van der Waals surface area contributed by atoms with E-state index >= 15 is 0 Å². The summed E-state index contributed by atoms with van der Waals surface area (Å²) in [4.78, 5) is 18.7. The number of carbonyl (C=O) groups is 1. The highest BCUT2D eigenvalue weighted by Gasteiger charge is 2.31. The number of hydrogen-bond donors (Lipinski definition) is 1. The molecule has 2 heterocycles. The zero-order valence-electron chi connectivity index (χ0n) is 11.4. The van der Waals surface area contributed by atoms with Crippen LogP contribution >= 0.6 is 0 Å². The maximum absolute atomic E-state index is 12.7. The number of nitrogens with zero attached hydrogens (tertiary/aromatic N) is 2. The van der Waals surface area contributed by atoms with Crippen LogP contribution in [0.15, 0.2) is 42.6 Å². The lowest BCUT2D eigenvalue weighted by Crippen LogP contribution is -2.36. The monoisotopic (exact) mass is 267 g/mol. The molecule has 0 fully saturated rings. The third-order valence-corrected chi connectivity index (χ3v) is 3.71. The molecule has 102 valence electrons. The summed E-state index contributed by atoms with van der Waals surface area (Å²) in [6, 6.07) is 11.8.